The fraction of sp³-hybridized carbons (Fsp3) is 0.320. The number of hydrogen-bond acceptors (Lipinski definition) is 6. The molecule has 0 aliphatic heterocycles. The van der Waals surface area contributed by atoms with Crippen LogP contribution in [0.3, 0.4) is 0 Å². The van der Waals surface area contributed by atoms with Crippen LogP contribution in [0.25, 0.3) is 0 Å². The molecule has 11 heteroatoms. The van der Waals surface area contributed by atoms with E-state index in [9.17, 15) is 24.0 Å². The van der Waals surface area contributed by atoms with Gasteiger partial charge in [-0.1, -0.05) is 30.3 Å². The van der Waals surface area contributed by atoms with Crippen LogP contribution < -0.4 is 21.1 Å². The fourth-order valence-electron chi connectivity index (χ4n) is 3.24. The Morgan fingerprint density at radius 3 is 1.86 bits per heavy atom. The Labute approximate surface area is 207 Å². The molecule has 11 nitrogen and oxygen atoms in total. The molecule has 0 fully saturated rings. The number of ether oxygens (including phenoxy) is 1. The maximum atomic E-state index is 12.6. The van der Waals surface area contributed by atoms with Gasteiger partial charge in [0.1, 0.15) is 23.6 Å². The van der Waals surface area contributed by atoms with Crippen LogP contribution in [0.4, 0.5) is 0 Å². The zero-order valence-corrected chi connectivity index (χ0v) is 19.5. The first-order valence-corrected chi connectivity index (χ1v) is 11.3. The zero-order chi connectivity index (χ0) is 26.5. The number of primary amides is 1. The molecule has 2 aromatic carbocycles. The van der Waals surface area contributed by atoms with Crippen molar-refractivity contribution in [3.8, 4) is 11.5 Å². The average Bonchev–Trinajstić information content (AvgIpc) is 2.84. The lowest BCUT2D eigenvalue weighted by atomic mass is 10.1. The van der Waals surface area contributed by atoms with Gasteiger partial charge in [0.05, 0.1) is 0 Å². The second-order valence-electron chi connectivity index (χ2n) is 8.01. The smallest absolute Gasteiger partial charge is 0.303 e. The van der Waals surface area contributed by atoms with Crippen molar-refractivity contribution in [2.45, 2.75) is 50.6 Å². The SMILES string of the molecule is NC(=O)[C@H](CCC(=O)O)NC(=O)C(CCC(=O)O)NC(=O)CCc1ccc(Oc2ccccc2)cc1. The van der Waals surface area contributed by atoms with E-state index >= 15 is 0 Å². The summed E-state index contributed by atoms with van der Waals surface area (Å²) in [7, 11) is 0. The van der Waals surface area contributed by atoms with Crippen LogP contribution >= 0.6 is 0 Å². The molecule has 192 valence electrons. The highest BCUT2D eigenvalue weighted by Gasteiger charge is 2.26. The van der Waals surface area contributed by atoms with Crippen LogP contribution in [-0.2, 0) is 30.4 Å². The first kappa shape index (κ1) is 27.8. The number of benzene rings is 2. The summed E-state index contributed by atoms with van der Waals surface area (Å²) in [6.07, 6.45) is -0.892. The Morgan fingerprint density at radius 2 is 1.31 bits per heavy atom. The Balaban J connectivity index is 1.93. The molecule has 0 heterocycles. The maximum absolute atomic E-state index is 12.6. The predicted octanol–water partition coefficient (Wildman–Crippen LogP) is 1.60. The Bertz CT molecular complexity index is 1060. The van der Waals surface area contributed by atoms with Crippen molar-refractivity contribution in [2.75, 3.05) is 0 Å². The molecule has 0 spiro atoms. The Morgan fingerprint density at radius 1 is 0.750 bits per heavy atom. The molecule has 1 unspecified atom stereocenters. The molecule has 0 bridgehead atoms. The van der Waals surface area contributed by atoms with Crippen molar-refractivity contribution < 1.29 is 38.9 Å². The Hall–Kier alpha value is -4.41. The van der Waals surface area contributed by atoms with E-state index in [1.807, 2.05) is 30.3 Å². The molecule has 0 radical (unpaired) electrons. The molecular formula is C25H29N3O8. The van der Waals surface area contributed by atoms with Gasteiger partial charge in [-0.2, -0.15) is 0 Å². The number of para-hydroxylation sites is 1. The van der Waals surface area contributed by atoms with E-state index < -0.39 is 54.6 Å². The third-order valence-corrected chi connectivity index (χ3v) is 5.15. The van der Waals surface area contributed by atoms with Crippen molar-refractivity contribution in [3.05, 3.63) is 60.2 Å². The topological polar surface area (TPSA) is 185 Å². The number of amides is 3. The van der Waals surface area contributed by atoms with Crippen molar-refractivity contribution in [2.24, 2.45) is 5.73 Å². The van der Waals surface area contributed by atoms with E-state index in [2.05, 4.69) is 10.6 Å². The molecule has 0 aliphatic carbocycles. The molecule has 0 saturated heterocycles. The molecule has 3 amide bonds. The van der Waals surface area contributed by atoms with Crippen LogP contribution in [0.1, 0.15) is 37.7 Å². The van der Waals surface area contributed by atoms with Gasteiger partial charge in [0, 0.05) is 19.3 Å². The van der Waals surface area contributed by atoms with Crippen LogP contribution in [0.5, 0.6) is 11.5 Å². The number of aliphatic carboxylic acids is 2. The van der Waals surface area contributed by atoms with Crippen LogP contribution in [0.15, 0.2) is 54.6 Å². The third-order valence-electron chi connectivity index (χ3n) is 5.15. The van der Waals surface area contributed by atoms with Gasteiger partial charge in [-0.3, -0.25) is 24.0 Å². The van der Waals surface area contributed by atoms with Crippen LogP contribution in [0, 0.1) is 0 Å². The molecule has 2 rings (SSSR count). The largest absolute Gasteiger partial charge is 0.481 e. The summed E-state index contributed by atoms with van der Waals surface area (Å²) < 4.78 is 5.73. The average molecular weight is 500 g/mol. The second-order valence-corrected chi connectivity index (χ2v) is 8.01. The van der Waals surface area contributed by atoms with Gasteiger partial charge in [0.25, 0.3) is 0 Å². The molecule has 0 aromatic heterocycles. The quantitative estimate of drug-likeness (QED) is 0.244. The van der Waals surface area contributed by atoms with Gasteiger partial charge in [0.2, 0.25) is 17.7 Å². The van der Waals surface area contributed by atoms with Crippen molar-refractivity contribution in [1.29, 1.82) is 0 Å². The standard InChI is InChI=1S/C25H29N3O8/c26-24(34)19(11-14-22(30)31)28-25(35)20(12-15-23(32)33)27-21(29)13-8-16-6-9-18(10-7-16)36-17-4-2-1-3-5-17/h1-7,9-10,19-20H,8,11-15H2,(H2,26,34)(H,27,29)(H,28,35)(H,30,31)(H,32,33)/t19-,20?/m0/s1. The van der Waals surface area contributed by atoms with Gasteiger partial charge in [-0.15, -0.1) is 0 Å². The summed E-state index contributed by atoms with van der Waals surface area (Å²) in [6.45, 7) is 0. The summed E-state index contributed by atoms with van der Waals surface area (Å²) in [5.74, 6) is -3.27. The lowest BCUT2D eigenvalue weighted by molar-refractivity contribution is -0.139. The number of carboxylic acid groups (broad SMARTS) is 2. The number of nitrogens with one attached hydrogen (secondary N) is 2. The van der Waals surface area contributed by atoms with Crippen LogP contribution in [0.2, 0.25) is 0 Å². The van der Waals surface area contributed by atoms with E-state index in [0.717, 1.165) is 5.56 Å². The van der Waals surface area contributed by atoms with Crippen LogP contribution in [-0.4, -0.2) is 52.0 Å². The number of aryl methyl sites for hydroxylation is 1. The number of carboxylic acids is 2. The van der Waals surface area contributed by atoms with E-state index in [1.165, 1.54) is 0 Å². The minimum Gasteiger partial charge on any atom is -0.481 e. The summed E-state index contributed by atoms with van der Waals surface area (Å²) in [4.78, 5) is 58.4. The summed E-state index contributed by atoms with van der Waals surface area (Å²) in [6, 6.07) is 13.9. The number of carbonyl (C=O) groups excluding carboxylic acids is 3. The monoisotopic (exact) mass is 499 g/mol. The second kappa shape index (κ2) is 14.1. The van der Waals surface area contributed by atoms with Crippen molar-refractivity contribution >= 4 is 29.7 Å². The lowest BCUT2D eigenvalue weighted by Gasteiger charge is -2.21. The number of rotatable bonds is 15. The normalized spacial score (nSPS) is 12.1. The third kappa shape index (κ3) is 10.2. The van der Waals surface area contributed by atoms with Crippen molar-refractivity contribution in [3.63, 3.8) is 0 Å². The number of nitrogens with two attached hydrogens (primary N) is 1. The van der Waals surface area contributed by atoms with E-state index in [1.54, 1.807) is 24.3 Å². The molecule has 36 heavy (non-hydrogen) atoms. The molecular weight excluding hydrogens is 470 g/mol. The van der Waals surface area contributed by atoms with Gasteiger partial charge < -0.3 is 31.3 Å². The highest BCUT2D eigenvalue weighted by Crippen LogP contribution is 2.21. The predicted molar refractivity (Wildman–Crippen MR) is 128 cm³/mol. The Kier molecular flexibility index (Phi) is 10.9. The van der Waals surface area contributed by atoms with Gasteiger partial charge in [-0.05, 0) is 49.1 Å². The minimum absolute atomic E-state index is 0.0218. The van der Waals surface area contributed by atoms with E-state index in [-0.39, 0.29) is 19.3 Å². The maximum Gasteiger partial charge on any atom is 0.303 e. The molecule has 2 atom stereocenters. The first-order valence-electron chi connectivity index (χ1n) is 11.3. The molecule has 6 N–H and O–H groups in total. The molecule has 0 saturated carbocycles. The van der Waals surface area contributed by atoms with Gasteiger partial charge >= 0.3 is 11.9 Å². The first-order chi connectivity index (χ1) is 17.1. The van der Waals surface area contributed by atoms with E-state index in [0.29, 0.717) is 17.9 Å². The number of hydrogen-bond donors (Lipinski definition) is 5. The van der Waals surface area contributed by atoms with E-state index in [4.69, 9.17) is 20.7 Å². The number of carbonyl (C=O) groups is 5. The summed E-state index contributed by atoms with van der Waals surface area (Å²) >= 11 is 0. The highest BCUT2D eigenvalue weighted by molar-refractivity contribution is 5.92. The zero-order valence-electron chi connectivity index (χ0n) is 19.5. The summed E-state index contributed by atoms with van der Waals surface area (Å²) in [5, 5.41) is 22.6. The van der Waals surface area contributed by atoms with Gasteiger partial charge in [0.15, 0.2) is 0 Å². The highest BCUT2D eigenvalue weighted by atomic mass is 16.5. The fourth-order valence-corrected chi connectivity index (χ4v) is 3.24. The van der Waals surface area contributed by atoms with Crippen molar-refractivity contribution in [1.82, 2.24) is 10.6 Å². The molecule has 0 aliphatic rings. The lowest BCUT2D eigenvalue weighted by Crippen LogP contribution is -2.53. The molecule has 2 aromatic rings. The summed E-state index contributed by atoms with van der Waals surface area (Å²) in [5.41, 5.74) is 6.07. The minimum atomic E-state index is -1.27. The van der Waals surface area contributed by atoms with Gasteiger partial charge in [-0.25, -0.2) is 0 Å².